The molecule has 2 atom stereocenters. The van der Waals surface area contributed by atoms with E-state index in [1.165, 1.54) is 11.8 Å². The summed E-state index contributed by atoms with van der Waals surface area (Å²) in [5.41, 5.74) is 1.96. The second kappa shape index (κ2) is 10.9. The maximum Gasteiger partial charge on any atom is 0.319 e. The van der Waals surface area contributed by atoms with Crippen molar-refractivity contribution in [3.05, 3.63) is 65.7 Å². The number of carbonyl (C=O) groups excluding carboxylic acids is 2. The van der Waals surface area contributed by atoms with Gasteiger partial charge in [0.05, 0.1) is 10.3 Å². The van der Waals surface area contributed by atoms with E-state index in [1.54, 1.807) is 17.0 Å². The lowest BCUT2D eigenvalue weighted by molar-refractivity contribution is -0.139. The van der Waals surface area contributed by atoms with Gasteiger partial charge in [-0.15, -0.1) is 0 Å². The van der Waals surface area contributed by atoms with Gasteiger partial charge in [-0.2, -0.15) is 0 Å². The molecule has 0 bridgehead atoms. The minimum atomic E-state index is -3.23. The molecule has 0 unspecified atom stereocenters. The van der Waals surface area contributed by atoms with Gasteiger partial charge in [-0.3, -0.25) is 4.79 Å². The Hall–Kier alpha value is -2.91. The van der Waals surface area contributed by atoms with Gasteiger partial charge in [0.1, 0.15) is 0 Å². The zero-order valence-corrected chi connectivity index (χ0v) is 24.1. The van der Waals surface area contributed by atoms with Crippen LogP contribution in [0.1, 0.15) is 36.3 Å². The maximum atomic E-state index is 13.5. The molecule has 0 aromatic heterocycles. The molecular weight excluding hydrogens is 512 g/mol. The monoisotopic (exact) mass is 552 g/mol. The number of nitrogens with zero attached hydrogens (tertiary/aromatic N) is 4. The molecule has 0 radical (unpaired) electrons. The number of hydrogen-bond acceptors (Lipinski definition) is 5. The first-order chi connectivity index (χ1) is 18.6. The standard InChI is InChI=1S/C30H40N4O4S/c1-31(2)29(36)34-21-25(27(22-34)24-7-5-4-6-8-24)20-32-16-13-30(14-17-32)15-18-33(28(30)35)19-23-9-11-26(12-10-23)39(3,37)38/h4-12,25,27H,13-22H2,1-3H3/t25-,27+/m0/s1. The number of likely N-dealkylation sites (tertiary alicyclic amines) is 3. The van der Waals surface area contributed by atoms with Crippen molar-refractivity contribution in [1.82, 2.24) is 19.6 Å². The van der Waals surface area contributed by atoms with E-state index in [-0.39, 0.29) is 17.4 Å². The van der Waals surface area contributed by atoms with Crippen molar-refractivity contribution in [3.63, 3.8) is 0 Å². The Kier molecular flexibility index (Phi) is 7.75. The predicted molar refractivity (Wildman–Crippen MR) is 151 cm³/mol. The van der Waals surface area contributed by atoms with Crippen molar-refractivity contribution in [2.45, 2.75) is 36.6 Å². The summed E-state index contributed by atoms with van der Waals surface area (Å²) in [5.74, 6) is 0.903. The maximum absolute atomic E-state index is 13.5. The Morgan fingerprint density at radius 1 is 0.949 bits per heavy atom. The van der Waals surface area contributed by atoms with E-state index in [0.717, 1.165) is 64.1 Å². The Morgan fingerprint density at radius 3 is 2.21 bits per heavy atom. The molecule has 0 N–H and O–H groups in total. The van der Waals surface area contributed by atoms with Gasteiger partial charge in [0.2, 0.25) is 5.91 Å². The third-order valence-electron chi connectivity index (χ3n) is 8.95. The summed E-state index contributed by atoms with van der Waals surface area (Å²) in [6, 6.07) is 17.5. The van der Waals surface area contributed by atoms with E-state index in [4.69, 9.17) is 0 Å². The average Bonchev–Trinajstić information content (AvgIpc) is 3.47. The van der Waals surface area contributed by atoms with Crippen LogP contribution in [-0.2, 0) is 21.2 Å². The van der Waals surface area contributed by atoms with E-state index in [1.807, 2.05) is 42.1 Å². The fraction of sp³-hybridized carbons (Fsp3) is 0.533. The van der Waals surface area contributed by atoms with Gasteiger partial charge in [-0.05, 0) is 61.5 Å². The number of amides is 3. The quantitative estimate of drug-likeness (QED) is 0.550. The zero-order valence-electron chi connectivity index (χ0n) is 23.3. The molecule has 3 amide bonds. The Morgan fingerprint density at radius 2 is 1.59 bits per heavy atom. The second-order valence-electron chi connectivity index (χ2n) is 11.8. The topological polar surface area (TPSA) is 81.2 Å². The molecule has 0 aliphatic carbocycles. The lowest BCUT2D eigenvalue weighted by atomic mass is 9.76. The first-order valence-electron chi connectivity index (χ1n) is 13.9. The largest absolute Gasteiger partial charge is 0.338 e. The van der Waals surface area contributed by atoms with E-state index >= 15 is 0 Å². The predicted octanol–water partition coefficient (Wildman–Crippen LogP) is 3.30. The molecule has 3 aliphatic rings. The van der Waals surface area contributed by atoms with Crippen LogP contribution in [-0.4, -0.2) is 99.6 Å². The molecule has 0 saturated carbocycles. The highest BCUT2D eigenvalue weighted by Gasteiger charge is 2.48. The lowest BCUT2D eigenvalue weighted by Crippen LogP contribution is -2.46. The summed E-state index contributed by atoms with van der Waals surface area (Å²) in [6.07, 6.45) is 3.80. The highest BCUT2D eigenvalue weighted by molar-refractivity contribution is 7.90. The van der Waals surface area contributed by atoms with Crippen LogP contribution in [0.5, 0.6) is 0 Å². The lowest BCUT2D eigenvalue weighted by Gasteiger charge is -2.39. The smallest absolute Gasteiger partial charge is 0.319 e. The van der Waals surface area contributed by atoms with Crippen LogP contribution >= 0.6 is 0 Å². The van der Waals surface area contributed by atoms with E-state index < -0.39 is 9.84 Å². The van der Waals surface area contributed by atoms with Crippen molar-refractivity contribution in [2.75, 3.05) is 59.6 Å². The number of sulfone groups is 1. The summed E-state index contributed by atoms with van der Waals surface area (Å²) in [4.78, 5) is 34.7. The Labute approximate surface area is 232 Å². The number of urea groups is 1. The van der Waals surface area contributed by atoms with Gasteiger partial charge in [0.15, 0.2) is 9.84 Å². The fourth-order valence-electron chi connectivity index (χ4n) is 6.64. The third kappa shape index (κ3) is 5.84. The Balaban J connectivity index is 1.20. The second-order valence-corrected chi connectivity index (χ2v) is 13.8. The van der Waals surface area contributed by atoms with Crippen LogP contribution in [0.2, 0.25) is 0 Å². The van der Waals surface area contributed by atoms with Crippen molar-refractivity contribution in [1.29, 1.82) is 0 Å². The van der Waals surface area contributed by atoms with E-state index in [0.29, 0.717) is 23.3 Å². The molecule has 39 heavy (non-hydrogen) atoms. The summed E-state index contributed by atoms with van der Waals surface area (Å²) >= 11 is 0. The highest BCUT2D eigenvalue weighted by Crippen LogP contribution is 2.43. The van der Waals surface area contributed by atoms with E-state index in [2.05, 4.69) is 29.2 Å². The molecule has 210 valence electrons. The minimum absolute atomic E-state index is 0.0682. The number of rotatable bonds is 6. The van der Waals surface area contributed by atoms with Gasteiger partial charge >= 0.3 is 6.03 Å². The number of benzene rings is 2. The molecule has 2 aromatic rings. The molecular formula is C30H40N4O4S. The van der Waals surface area contributed by atoms with Crippen molar-refractivity contribution < 1.29 is 18.0 Å². The van der Waals surface area contributed by atoms with Crippen LogP contribution in [0.25, 0.3) is 0 Å². The molecule has 1 spiro atoms. The SMILES string of the molecule is CN(C)C(=O)N1C[C@H](CN2CCC3(CC2)CCN(Cc2ccc(S(C)(=O)=O)cc2)C3=O)[C@@H](c2ccccc2)C1. The number of piperidine rings is 1. The van der Waals surface area contributed by atoms with Crippen LogP contribution in [0.15, 0.2) is 59.5 Å². The number of hydrogen-bond donors (Lipinski definition) is 0. The molecule has 5 rings (SSSR count). The molecule has 9 heteroatoms. The average molecular weight is 553 g/mol. The fourth-order valence-corrected chi connectivity index (χ4v) is 7.27. The van der Waals surface area contributed by atoms with Gasteiger partial charge < -0.3 is 19.6 Å². The minimum Gasteiger partial charge on any atom is -0.338 e. The van der Waals surface area contributed by atoms with Crippen LogP contribution in [0.4, 0.5) is 4.79 Å². The summed E-state index contributed by atoms with van der Waals surface area (Å²) in [7, 11) is 0.387. The first kappa shape index (κ1) is 27.6. The highest BCUT2D eigenvalue weighted by atomic mass is 32.2. The van der Waals surface area contributed by atoms with Crippen LogP contribution in [0.3, 0.4) is 0 Å². The molecule has 3 heterocycles. The van der Waals surface area contributed by atoms with Gasteiger partial charge in [-0.1, -0.05) is 42.5 Å². The van der Waals surface area contributed by atoms with Gasteiger partial charge in [0, 0.05) is 59.0 Å². The van der Waals surface area contributed by atoms with Crippen molar-refractivity contribution >= 4 is 21.8 Å². The van der Waals surface area contributed by atoms with Crippen molar-refractivity contribution in [3.8, 4) is 0 Å². The van der Waals surface area contributed by atoms with Gasteiger partial charge in [0.25, 0.3) is 0 Å². The first-order valence-corrected chi connectivity index (χ1v) is 15.8. The zero-order chi connectivity index (χ0) is 27.8. The normalized spacial score (nSPS) is 23.5. The van der Waals surface area contributed by atoms with Crippen LogP contribution in [0, 0.1) is 11.3 Å². The third-order valence-corrected chi connectivity index (χ3v) is 10.1. The molecule has 3 aliphatic heterocycles. The molecule has 3 saturated heterocycles. The molecule has 8 nitrogen and oxygen atoms in total. The number of carbonyl (C=O) groups is 2. The van der Waals surface area contributed by atoms with E-state index in [9.17, 15) is 18.0 Å². The molecule has 3 fully saturated rings. The summed E-state index contributed by atoms with van der Waals surface area (Å²) in [6.45, 7) is 5.46. The van der Waals surface area contributed by atoms with Crippen molar-refractivity contribution in [2.24, 2.45) is 11.3 Å². The summed E-state index contributed by atoms with van der Waals surface area (Å²) in [5, 5.41) is 0. The molecule has 2 aromatic carbocycles. The van der Waals surface area contributed by atoms with Gasteiger partial charge in [-0.25, -0.2) is 13.2 Å². The Bertz CT molecular complexity index is 1290. The van der Waals surface area contributed by atoms with Crippen LogP contribution < -0.4 is 0 Å². The summed E-state index contributed by atoms with van der Waals surface area (Å²) < 4.78 is 23.5.